The Hall–Kier alpha value is -4.35. The molecule has 0 amide bonds. The molecule has 0 bridgehead atoms. The average molecular weight is 534 g/mol. The summed E-state index contributed by atoms with van der Waals surface area (Å²) >= 11 is 6.79. The number of hydrogen-bond acceptors (Lipinski definition) is 4. The molecule has 0 aromatic heterocycles. The lowest BCUT2D eigenvalue weighted by Crippen LogP contribution is -2.48. The molecule has 7 rings (SSSR count). The van der Waals surface area contributed by atoms with Crippen LogP contribution in [0.4, 0.5) is 10.1 Å². The first kappa shape index (κ1) is 23.7. The van der Waals surface area contributed by atoms with E-state index in [-0.39, 0.29) is 17.3 Å². The molecule has 2 aliphatic heterocycles. The zero-order chi connectivity index (χ0) is 26.9. The molecule has 0 radical (unpaired) electrons. The highest BCUT2D eigenvalue weighted by molar-refractivity contribution is 6.34. The second-order valence-corrected chi connectivity index (χ2v) is 10.6. The Kier molecular flexibility index (Phi) is 5.23. The minimum Gasteiger partial charge on any atom is -0.352 e. The highest BCUT2D eigenvalue weighted by atomic mass is 35.5. The van der Waals surface area contributed by atoms with Crippen LogP contribution in [0, 0.1) is 11.2 Å². The molecule has 2 heterocycles. The van der Waals surface area contributed by atoms with Crippen molar-refractivity contribution in [1.82, 2.24) is 0 Å². The Morgan fingerprint density at radius 2 is 1.46 bits per heavy atom. The van der Waals surface area contributed by atoms with Gasteiger partial charge in [-0.15, -0.1) is 0 Å². The van der Waals surface area contributed by atoms with E-state index in [1.165, 1.54) is 12.1 Å². The summed E-state index contributed by atoms with van der Waals surface area (Å²) in [6.45, 7) is 0. The van der Waals surface area contributed by atoms with Crippen LogP contribution in [0.5, 0.6) is 0 Å². The summed E-state index contributed by atoms with van der Waals surface area (Å²) in [4.78, 5) is 45.5. The van der Waals surface area contributed by atoms with E-state index in [2.05, 4.69) is 0 Å². The number of hydrogen-bond donors (Lipinski definition) is 0. The number of carbonyl (C=O) groups is 3. The normalized spacial score (nSPS) is 22.1. The van der Waals surface area contributed by atoms with E-state index >= 15 is 0 Å². The van der Waals surface area contributed by atoms with Crippen molar-refractivity contribution in [1.29, 1.82) is 0 Å². The van der Waals surface area contributed by atoms with Gasteiger partial charge in [-0.25, -0.2) is 4.39 Å². The molecule has 3 atom stereocenters. The monoisotopic (exact) mass is 533 g/mol. The fourth-order valence-corrected chi connectivity index (χ4v) is 7.04. The van der Waals surface area contributed by atoms with Crippen LogP contribution < -0.4 is 4.90 Å². The van der Waals surface area contributed by atoms with Gasteiger partial charge in [0, 0.05) is 38.9 Å². The lowest BCUT2D eigenvalue weighted by Gasteiger charge is -2.37. The number of benzene rings is 4. The molecule has 3 aliphatic rings. The molecule has 0 saturated carbocycles. The molecule has 1 aliphatic carbocycles. The first-order chi connectivity index (χ1) is 18.9. The van der Waals surface area contributed by atoms with Gasteiger partial charge in [0.1, 0.15) is 17.3 Å². The summed E-state index contributed by atoms with van der Waals surface area (Å²) in [7, 11) is 0. The molecule has 1 spiro atoms. The van der Waals surface area contributed by atoms with Gasteiger partial charge in [-0.2, -0.15) is 0 Å². The Balaban J connectivity index is 1.57. The molecule has 190 valence electrons. The summed E-state index contributed by atoms with van der Waals surface area (Å²) in [5.41, 5.74) is 1.19. The summed E-state index contributed by atoms with van der Waals surface area (Å²) in [5, 5.41) is 0.368. The second kappa shape index (κ2) is 8.58. The number of ketones is 3. The molecule has 6 heteroatoms. The first-order valence-corrected chi connectivity index (χ1v) is 13.1. The van der Waals surface area contributed by atoms with Gasteiger partial charge < -0.3 is 4.90 Å². The topological polar surface area (TPSA) is 54.5 Å². The zero-order valence-corrected chi connectivity index (χ0v) is 21.3. The number of Topliss-reactive ketones (excluding diaryl/α,β-unsaturated/α-hetero) is 3. The van der Waals surface area contributed by atoms with Crippen molar-refractivity contribution >= 4 is 40.7 Å². The van der Waals surface area contributed by atoms with Crippen molar-refractivity contribution in [2.75, 3.05) is 4.90 Å². The van der Waals surface area contributed by atoms with Gasteiger partial charge in [0.15, 0.2) is 17.3 Å². The van der Waals surface area contributed by atoms with Crippen molar-refractivity contribution < 1.29 is 18.8 Å². The summed E-state index contributed by atoms with van der Waals surface area (Å²) in [6, 6.07) is 25.3. The molecular formula is C33H21ClFNO3. The van der Waals surface area contributed by atoms with Gasteiger partial charge in [-0.3, -0.25) is 14.4 Å². The van der Waals surface area contributed by atoms with Gasteiger partial charge in [0.25, 0.3) is 0 Å². The number of fused-ring (bicyclic) bond motifs is 5. The van der Waals surface area contributed by atoms with Gasteiger partial charge in [-0.1, -0.05) is 96.5 Å². The largest absolute Gasteiger partial charge is 0.352 e. The van der Waals surface area contributed by atoms with Gasteiger partial charge in [0.2, 0.25) is 0 Å². The maximum Gasteiger partial charge on any atom is 0.185 e. The van der Waals surface area contributed by atoms with Gasteiger partial charge >= 0.3 is 0 Å². The smallest absolute Gasteiger partial charge is 0.185 e. The number of rotatable bonds is 3. The minimum absolute atomic E-state index is 0.246. The third-order valence-electron chi connectivity index (χ3n) is 8.33. The van der Waals surface area contributed by atoms with Gasteiger partial charge in [0.05, 0.1) is 6.04 Å². The van der Waals surface area contributed by atoms with Crippen LogP contribution in [-0.2, 0) is 0 Å². The van der Waals surface area contributed by atoms with E-state index in [9.17, 15) is 18.8 Å². The van der Waals surface area contributed by atoms with Crippen molar-refractivity contribution in [3.8, 4) is 0 Å². The Labute approximate surface area is 229 Å². The molecule has 0 N–H and O–H groups in total. The van der Waals surface area contributed by atoms with E-state index in [0.29, 0.717) is 38.5 Å². The van der Waals surface area contributed by atoms with Crippen molar-refractivity contribution in [3.63, 3.8) is 0 Å². The van der Waals surface area contributed by atoms with Crippen molar-refractivity contribution in [2.24, 2.45) is 5.41 Å². The van der Waals surface area contributed by atoms with E-state index in [1.807, 2.05) is 11.0 Å². The molecule has 4 nitrogen and oxygen atoms in total. The number of carbonyl (C=O) groups excluding carboxylic acids is 3. The SMILES string of the molecule is O=C(c1ccccc1)[C@@H]1[C@@H](c2ccccc2Cl)C2(C(=O)c3ccccc3C2=O)[C@@H]2C=Cc3cc(F)ccc3N12. The average Bonchev–Trinajstić information content (AvgIpc) is 3.39. The lowest BCUT2D eigenvalue weighted by atomic mass is 9.64. The quantitative estimate of drug-likeness (QED) is 0.215. The fourth-order valence-electron chi connectivity index (χ4n) is 6.79. The van der Waals surface area contributed by atoms with Crippen LogP contribution in [0.2, 0.25) is 5.02 Å². The van der Waals surface area contributed by atoms with Gasteiger partial charge in [-0.05, 0) is 29.8 Å². The van der Waals surface area contributed by atoms with Crippen molar-refractivity contribution in [2.45, 2.75) is 18.0 Å². The first-order valence-electron chi connectivity index (χ1n) is 12.7. The highest BCUT2D eigenvalue weighted by Gasteiger charge is 2.71. The Morgan fingerprint density at radius 3 is 2.15 bits per heavy atom. The fraction of sp³-hybridized carbons (Fsp3) is 0.121. The summed E-state index contributed by atoms with van der Waals surface area (Å²) < 4.78 is 14.3. The Morgan fingerprint density at radius 1 is 0.821 bits per heavy atom. The number of anilines is 1. The summed E-state index contributed by atoms with van der Waals surface area (Å²) in [5.74, 6) is -2.23. The molecule has 4 aromatic carbocycles. The predicted octanol–water partition coefficient (Wildman–Crippen LogP) is 6.80. The molecule has 39 heavy (non-hydrogen) atoms. The van der Waals surface area contributed by atoms with E-state index in [0.717, 1.165) is 0 Å². The number of halogens is 2. The van der Waals surface area contributed by atoms with Crippen LogP contribution in [0.3, 0.4) is 0 Å². The standard InChI is InChI=1S/C33H21ClFNO3/c34-25-13-7-6-12-24(25)28-29(30(37)19-8-2-1-3-9-19)36-26-16-15-21(35)18-20(26)14-17-27(36)33(28)31(38)22-10-4-5-11-23(22)32(33)39/h1-18,27-29H/t27-,28+,29-/m0/s1. The maximum atomic E-state index is 14.6. The van der Waals surface area contributed by atoms with E-state index < -0.39 is 29.2 Å². The third-order valence-corrected chi connectivity index (χ3v) is 8.68. The van der Waals surface area contributed by atoms with Crippen LogP contribution in [0.15, 0.2) is 103 Å². The third kappa shape index (κ3) is 3.14. The molecule has 4 aromatic rings. The maximum absolute atomic E-state index is 14.6. The number of nitrogens with zero attached hydrogens (tertiary/aromatic N) is 1. The molecule has 0 unspecified atom stereocenters. The summed E-state index contributed by atoms with van der Waals surface area (Å²) in [6.07, 6.45) is 3.51. The lowest BCUT2D eigenvalue weighted by molar-refractivity contribution is 0.0666. The second-order valence-electron chi connectivity index (χ2n) is 10.2. The van der Waals surface area contributed by atoms with E-state index in [1.54, 1.807) is 91.0 Å². The van der Waals surface area contributed by atoms with Crippen molar-refractivity contribution in [3.05, 3.63) is 142 Å². The molecular weight excluding hydrogens is 513 g/mol. The van der Waals surface area contributed by atoms with Crippen LogP contribution in [-0.4, -0.2) is 29.4 Å². The minimum atomic E-state index is -1.65. The van der Waals surface area contributed by atoms with Crippen LogP contribution in [0.25, 0.3) is 6.08 Å². The van der Waals surface area contributed by atoms with Crippen LogP contribution in [0.1, 0.15) is 48.1 Å². The Bertz CT molecular complexity index is 1700. The van der Waals surface area contributed by atoms with Crippen LogP contribution >= 0.6 is 11.6 Å². The molecule has 1 fully saturated rings. The highest BCUT2D eigenvalue weighted by Crippen LogP contribution is 2.61. The van der Waals surface area contributed by atoms with E-state index in [4.69, 9.17) is 11.6 Å². The zero-order valence-electron chi connectivity index (χ0n) is 20.6. The molecule has 1 saturated heterocycles. The predicted molar refractivity (Wildman–Crippen MR) is 148 cm³/mol.